The van der Waals surface area contributed by atoms with Gasteiger partial charge in [0.1, 0.15) is 0 Å². The quantitative estimate of drug-likeness (QED) is 0.196. The summed E-state index contributed by atoms with van der Waals surface area (Å²) in [6.07, 6.45) is -0.598. The van der Waals surface area contributed by atoms with Crippen LogP contribution in [0.2, 0.25) is 5.28 Å². The summed E-state index contributed by atoms with van der Waals surface area (Å²) in [5.41, 5.74) is 0. The summed E-state index contributed by atoms with van der Waals surface area (Å²) in [5.74, 6) is -0.153. The fourth-order valence-electron chi connectivity index (χ4n) is 1.22. The first kappa shape index (κ1) is 27.3. The van der Waals surface area contributed by atoms with E-state index in [0.29, 0.717) is 11.9 Å². The number of rotatable bonds is 8. The molecule has 0 bridgehead atoms. The van der Waals surface area contributed by atoms with Crippen molar-refractivity contribution in [2.24, 2.45) is 0 Å². The van der Waals surface area contributed by atoms with Gasteiger partial charge < -0.3 is 27.0 Å². The minimum absolute atomic E-state index is 0. The van der Waals surface area contributed by atoms with Gasteiger partial charge >= 0.3 is 64.9 Å². The second-order valence-electron chi connectivity index (χ2n) is 4.72. The molecule has 1 aromatic rings. The molecule has 25 heavy (non-hydrogen) atoms. The number of nitrogens with zero attached hydrogens (tertiary/aromatic N) is 3. The van der Waals surface area contributed by atoms with Gasteiger partial charge in [-0.05, 0) is 32.4 Å². The van der Waals surface area contributed by atoms with Crippen LogP contribution in [-0.2, 0) is 9.36 Å². The molecule has 0 fully saturated rings. The van der Waals surface area contributed by atoms with E-state index in [0.717, 1.165) is 6.54 Å². The Morgan fingerprint density at radius 3 is 2.28 bits per heavy atom. The molecular weight excluding hydrogens is 402 g/mol. The number of hydrogen-bond acceptors (Lipinski definition) is 8. The molecule has 0 aliphatic rings. The third-order valence-corrected chi connectivity index (χ3v) is 2.76. The Hall–Kier alpha value is 0.116. The van der Waals surface area contributed by atoms with Crippen molar-refractivity contribution in [1.29, 1.82) is 0 Å². The van der Waals surface area contributed by atoms with E-state index >= 15 is 0 Å². The Morgan fingerprint density at radius 2 is 1.84 bits per heavy atom. The van der Waals surface area contributed by atoms with E-state index in [4.69, 9.17) is 26.5 Å². The molecule has 0 amide bonds. The molecule has 0 saturated heterocycles. The molecule has 0 aliphatic heterocycles. The second-order valence-corrected chi connectivity index (χ2v) is 6.71. The number of aliphatic carboxylic acids is 1. The van der Waals surface area contributed by atoms with Gasteiger partial charge in [0, 0.05) is 12.6 Å². The van der Waals surface area contributed by atoms with Crippen LogP contribution in [-0.4, -0.2) is 61.2 Å². The number of carboxylic acid groups (broad SMARTS) is 1. The molecular formula is C11H23ClKN6O5P. The summed E-state index contributed by atoms with van der Waals surface area (Å²) in [6.45, 7) is 6.29. The zero-order valence-corrected chi connectivity index (χ0v) is 19.3. The van der Waals surface area contributed by atoms with Crippen LogP contribution in [0.4, 0.5) is 11.9 Å². The van der Waals surface area contributed by atoms with Crippen LogP contribution in [0.15, 0.2) is 0 Å². The fraction of sp³-hybridized carbons (Fsp3) is 0.636. The number of hydrogen-bond donors (Lipinski definition) is 6. The van der Waals surface area contributed by atoms with E-state index in [1.165, 1.54) is 0 Å². The first-order valence-corrected chi connectivity index (χ1v) is 9.10. The maximum Gasteiger partial charge on any atom is 1.00 e. The molecule has 0 radical (unpaired) electrons. The molecule has 0 atom stereocenters. The zero-order chi connectivity index (χ0) is 18.8. The van der Waals surface area contributed by atoms with Crippen LogP contribution in [0.25, 0.3) is 0 Å². The summed E-state index contributed by atoms with van der Waals surface area (Å²) < 4.78 is 10.1. The Kier molecular flexibility index (Phi) is 15.5. The van der Waals surface area contributed by atoms with Gasteiger partial charge in [-0.15, -0.1) is 0 Å². The van der Waals surface area contributed by atoms with Crippen LogP contribution in [0, 0.1) is 0 Å². The van der Waals surface area contributed by atoms with Crippen LogP contribution in [0.5, 0.6) is 0 Å². The van der Waals surface area contributed by atoms with Crippen molar-refractivity contribution in [2.45, 2.75) is 26.8 Å². The van der Waals surface area contributed by atoms with Gasteiger partial charge in [0.2, 0.25) is 17.2 Å². The van der Waals surface area contributed by atoms with Gasteiger partial charge in [-0.2, -0.15) is 15.0 Å². The van der Waals surface area contributed by atoms with Crippen molar-refractivity contribution in [3.05, 3.63) is 5.28 Å². The predicted octanol–water partition coefficient (Wildman–Crippen LogP) is -2.31. The van der Waals surface area contributed by atoms with Crippen molar-refractivity contribution >= 4 is 37.1 Å². The van der Waals surface area contributed by atoms with Gasteiger partial charge in [-0.25, -0.2) is 0 Å². The van der Waals surface area contributed by atoms with E-state index in [1.807, 2.05) is 20.8 Å². The third-order valence-electron chi connectivity index (χ3n) is 1.95. The van der Waals surface area contributed by atoms with Gasteiger partial charge in [0.25, 0.3) is 0 Å². The Bertz CT molecular complexity index is 582. The molecule has 0 unspecified atom stereocenters. The molecule has 140 valence electrons. The summed E-state index contributed by atoms with van der Waals surface area (Å²) in [6, 6.07) is 0.267. The molecule has 1 rings (SSSR count). The van der Waals surface area contributed by atoms with E-state index in [1.54, 1.807) is 0 Å². The van der Waals surface area contributed by atoms with Gasteiger partial charge in [0.15, 0.2) is 0 Å². The third kappa shape index (κ3) is 17.3. The average Bonchev–Trinajstić information content (AvgIpc) is 2.35. The van der Waals surface area contributed by atoms with Crippen LogP contribution in [0.3, 0.4) is 0 Å². The van der Waals surface area contributed by atoms with Crippen molar-refractivity contribution in [2.75, 3.05) is 30.0 Å². The summed E-state index contributed by atoms with van der Waals surface area (Å²) in [7, 11) is -4.10. The summed E-state index contributed by atoms with van der Waals surface area (Å²) in [4.78, 5) is 38.1. The van der Waals surface area contributed by atoms with E-state index < -0.39 is 26.4 Å². The maximum atomic E-state index is 10.1. The smallest absolute Gasteiger partial charge is 1.00 e. The first-order valence-electron chi connectivity index (χ1n) is 6.92. The molecule has 0 spiro atoms. The molecule has 0 aliphatic carbocycles. The maximum absolute atomic E-state index is 10.1. The van der Waals surface area contributed by atoms with Gasteiger partial charge in [0.05, 0.1) is 12.8 Å². The largest absolute Gasteiger partial charge is 1.00 e. The van der Waals surface area contributed by atoms with Crippen LogP contribution >= 0.6 is 19.2 Å². The Balaban J connectivity index is -0.000000398. The minimum atomic E-state index is -4.10. The number of anilines is 2. The number of carboxylic acids is 1. The molecule has 6 N–H and O–H groups in total. The molecule has 1 heterocycles. The topological polar surface area (TPSA) is 170 Å². The summed E-state index contributed by atoms with van der Waals surface area (Å²) in [5, 5.41) is 16.3. The Morgan fingerprint density at radius 1 is 1.28 bits per heavy atom. The van der Waals surface area contributed by atoms with E-state index in [-0.39, 0.29) is 64.1 Å². The standard InChI is InChI=1S/C8H14ClN5.C3H8NO5P.K.H/c1-4-10-7-12-6(9)13-8(14-7)11-5(2)3;5-3(6)1-4-2-10(7,8)9;;/h5H,4H2,1-3H3,(H2,10,11,12,13,14);4H,1-2H2,(H,5,6)(H2,7,8,9);;/q;;+1;-1. The number of carbonyl (C=O) groups is 1. The zero-order valence-electron chi connectivity index (χ0n) is 15.5. The minimum Gasteiger partial charge on any atom is -1.00 e. The van der Waals surface area contributed by atoms with Crippen molar-refractivity contribution < 1.29 is 77.1 Å². The van der Waals surface area contributed by atoms with Crippen molar-refractivity contribution in [3.8, 4) is 0 Å². The first-order chi connectivity index (χ1) is 11.0. The second kappa shape index (κ2) is 14.2. The molecule has 11 nitrogen and oxygen atoms in total. The van der Waals surface area contributed by atoms with Crippen molar-refractivity contribution in [1.82, 2.24) is 20.3 Å². The number of aromatic nitrogens is 3. The molecule has 1 aromatic heterocycles. The number of halogens is 1. The molecule has 14 heteroatoms. The Labute approximate surface area is 194 Å². The SMILES string of the molecule is CCNc1nc(Cl)nc(NC(C)C)n1.O=C(O)CNCP(=O)(O)O.[H-].[K+]. The summed E-state index contributed by atoms with van der Waals surface area (Å²) >= 11 is 5.73. The molecule has 0 aromatic carbocycles. The van der Waals surface area contributed by atoms with Gasteiger partial charge in [-0.3, -0.25) is 14.7 Å². The van der Waals surface area contributed by atoms with Gasteiger partial charge in [-0.1, -0.05) is 0 Å². The van der Waals surface area contributed by atoms with E-state index in [2.05, 4.69) is 30.9 Å². The fourth-order valence-corrected chi connectivity index (χ4v) is 1.78. The van der Waals surface area contributed by atoms with Crippen LogP contribution in [0.1, 0.15) is 22.2 Å². The predicted molar refractivity (Wildman–Crippen MR) is 91.4 cm³/mol. The monoisotopic (exact) mass is 424 g/mol. The normalized spacial score (nSPS) is 10.4. The van der Waals surface area contributed by atoms with Crippen LogP contribution < -0.4 is 67.3 Å². The van der Waals surface area contributed by atoms with Crippen molar-refractivity contribution in [3.63, 3.8) is 0 Å². The molecule has 0 saturated carbocycles. The number of nitrogens with one attached hydrogen (secondary N) is 3. The van der Waals surface area contributed by atoms with E-state index in [9.17, 15) is 9.36 Å². The average molecular weight is 425 g/mol.